The number of sulfone groups is 1. The van der Waals surface area contributed by atoms with Crippen molar-refractivity contribution in [3.05, 3.63) is 30.1 Å². The van der Waals surface area contributed by atoms with Crippen LogP contribution in [-0.2, 0) is 30.7 Å². The summed E-state index contributed by atoms with van der Waals surface area (Å²) in [4.78, 5) is 28.5. The summed E-state index contributed by atoms with van der Waals surface area (Å²) >= 11 is 0. The number of tetrazole rings is 1. The first-order chi connectivity index (χ1) is 15.2. The fourth-order valence-corrected chi connectivity index (χ4v) is 4.25. The highest BCUT2D eigenvalue weighted by Crippen LogP contribution is 2.19. The van der Waals surface area contributed by atoms with Crippen LogP contribution in [0.5, 0.6) is 0 Å². The molecule has 1 aromatic carbocycles. The van der Waals surface area contributed by atoms with Gasteiger partial charge in [0.05, 0.1) is 36.2 Å². The molecule has 1 aliphatic heterocycles. The van der Waals surface area contributed by atoms with E-state index in [0.717, 1.165) is 19.1 Å². The van der Waals surface area contributed by atoms with Crippen molar-refractivity contribution in [2.75, 3.05) is 39.5 Å². The molecule has 1 aromatic heterocycles. The average molecular weight is 465 g/mol. The Kier molecular flexibility index (Phi) is 7.56. The minimum absolute atomic E-state index is 0.0713. The van der Waals surface area contributed by atoms with Crippen molar-refractivity contribution in [2.45, 2.75) is 31.2 Å². The molecule has 1 unspecified atom stereocenters. The van der Waals surface area contributed by atoms with Gasteiger partial charge in [-0.3, -0.25) is 14.5 Å². The standard InChI is InChI=1S/C20H28N6O5S/c1-4-31-20(28)15-6-5-11-25(12-15)19(27)14-24(2)13-18-21-22-23-26(18)16-7-9-17(10-8-16)32(3,29)30/h7-10,15H,4-6,11-14H2,1-3H3. The van der Waals surface area contributed by atoms with Crippen LogP contribution in [0, 0.1) is 5.92 Å². The van der Waals surface area contributed by atoms with E-state index in [1.54, 1.807) is 35.9 Å². The third-order valence-electron chi connectivity index (χ3n) is 5.25. The number of amides is 1. The molecular formula is C20H28N6O5S. The maximum atomic E-state index is 12.8. The van der Waals surface area contributed by atoms with Gasteiger partial charge in [-0.25, -0.2) is 8.42 Å². The minimum Gasteiger partial charge on any atom is -0.466 e. The highest BCUT2D eigenvalue weighted by atomic mass is 32.2. The van der Waals surface area contributed by atoms with Gasteiger partial charge in [-0.15, -0.1) is 5.10 Å². The fourth-order valence-electron chi connectivity index (χ4n) is 3.62. The smallest absolute Gasteiger partial charge is 0.310 e. The third-order valence-corrected chi connectivity index (χ3v) is 6.38. The number of rotatable bonds is 8. The van der Waals surface area contributed by atoms with E-state index in [9.17, 15) is 18.0 Å². The van der Waals surface area contributed by atoms with Crippen molar-refractivity contribution >= 4 is 21.7 Å². The average Bonchev–Trinajstić information content (AvgIpc) is 3.21. The molecule has 3 rings (SSSR count). The summed E-state index contributed by atoms with van der Waals surface area (Å²) in [6.07, 6.45) is 2.64. The van der Waals surface area contributed by atoms with Crippen molar-refractivity contribution in [1.82, 2.24) is 30.0 Å². The number of aromatic nitrogens is 4. The van der Waals surface area contributed by atoms with Gasteiger partial charge in [0.15, 0.2) is 15.7 Å². The lowest BCUT2D eigenvalue weighted by Crippen LogP contribution is -2.46. The van der Waals surface area contributed by atoms with Crippen molar-refractivity contribution in [1.29, 1.82) is 0 Å². The van der Waals surface area contributed by atoms with Crippen LogP contribution in [0.25, 0.3) is 5.69 Å². The SMILES string of the molecule is CCOC(=O)C1CCCN(C(=O)CN(C)Cc2nnnn2-c2ccc(S(C)(=O)=O)cc2)C1. The van der Waals surface area contributed by atoms with E-state index >= 15 is 0 Å². The molecule has 1 amide bonds. The second kappa shape index (κ2) is 10.2. The van der Waals surface area contributed by atoms with Gasteiger partial charge in [-0.2, -0.15) is 4.68 Å². The number of likely N-dealkylation sites (N-methyl/N-ethyl adjacent to an activating group) is 1. The number of likely N-dealkylation sites (tertiary alicyclic amines) is 1. The summed E-state index contributed by atoms with van der Waals surface area (Å²) in [5.41, 5.74) is 0.616. The Labute approximate surface area is 187 Å². The summed E-state index contributed by atoms with van der Waals surface area (Å²) in [6, 6.07) is 6.26. The molecule has 174 valence electrons. The lowest BCUT2D eigenvalue weighted by Gasteiger charge is -2.32. The Morgan fingerprint density at radius 2 is 1.97 bits per heavy atom. The molecule has 2 heterocycles. The Morgan fingerprint density at radius 3 is 2.62 bits per heavy atom. The first kappa shape index (κ1) is 23.8. The Morgan fingerprint density at radius 1 is 1.25 bits per heavy atom. The van der Waals surface area contributed by atoms with Crippen LogP contribution in [0.15, 0.2) is 29.2 Å². The Balaban J connectivity index is 1.61. The normalized spacial score (nSPS) is 16.9. The highest BCUT2D eigenvalue weighted by molar-refractivity contribution is 7.90. The molecular weight excluding hydrogens is 436 g/mol. The molecule has 1 saturated heterocycles. The van der Waals surface area contributed by atoms with Crippen molar-refractivity contribution in [3.8, 4) is 5.69 Å². The second-order valence-electron chi connectivity index (χ2n) is 7.88. The predicted molar refractivity (Wildman–Crippen MR) is 115 cm³/mol. The number of carbonyl (C=O) groups excluding carboxylic acids is 2. The summed E-state index contributed by atoms with van der Waals surface area (Å²) in [6.45, 7) is 3.55. The molecule has 1 atom stereocenters. The number of esters is 1. The van der Waals surface area contributed by atoms with Gasteiger partial charge in [0.2, 0.25) is 5.91 Å². The van der Waals surface area contributed by atoms with Crippen LogP contribution in [0.4, 0.5) is 0 Å². The third kappa shape index (κ3) is 5.88. The van der Waals surface area contributed by atoms with Crippen LogP contribution in [0.1, 0.15) is 25.6 Å². The first-order valence-corrected chi connectivity index (χ1v) is 12.3. The van der Waals surface area contributed by atoms with Crippen molar-refractivity contribution < 1.29 is 22.7 Å². The first-order valence-electron chi connectivity index (χ1n) is 10.4. The summed E-state index contributed by atoms with van der Waals surface area (Å²) in [5, 5.41) is 11.7. The topological polar surface area (TPSA) is 128 Å². The Hall–Kier alpha value is -2.86. The monoisotopic (exact) mass is 464 g/mol. The van der Waals surface area contributed by atoms with E-state index in [0.29, 0.717) is 37.8 Å². The van der Waals surface area contributed by atoms with Gasteiger partial charge < -0.3 is 9.64 Å². The van der Waals surface area contributed by atoms with E-state index < -0.39 is 9.84 Å². The van der Waals surface area contributed by atoms with Gasteiger partial charge in [-0.1, -0.05) is 0 Å². The van der Waals surface area contributed by atoms with E-state index in [2.05, 4.69) is 15.5 Å². The Bertz CT molecular complexity index is 1050. The zero-order valence-corrected chi connectivity index (χ0v) is 19.3. The molecule has 0 aliphatic carbocycles. The van der Waals surface area contributed by atoms with E-state index in [1.165, 1.54) is 16.8 Å². The molecule has 0 saturated carbocycles. The largest absolute Gasteiger partial charge is 0.466 e. The molecule has 1 aliphatic rings. The molecule has 0 radical (unpaired) electrons. The second-order valence-corrected chi connectivity index (χ2v) is 9.89. The van der Waals surface area contributed by atoms with Crippen LogP contribution >= 0.6 is 0 Å². The van der Waals surface area contributed by atoms with Crippen LogP contribution < -0.4 is 0 Å². The zero-order chi connectivity index (χ0) is 23.3. The number of benzene rings is 1. The number of ether oxygens (including phenoxy) is 1. The summed E-state index contributed by atoms with van der Waals surface area (Å²) < 4.78 is 29.9. The van der Waals surface area contributed by atoms with E-state index in [1.807, 2.05) is 0 Å². The molecule has 0 bridgehead atoms. The summed E-state index contributed by atoms with van der Waals surface area (Å²) in [5.74, 6) is -0.0898. The van der Waals surface area contributed by atoms with Crippen molar-refractivity contribution in [3.63, 3.8) is 0 Å². The van der Waals surface area contributed by atoms with Gasteiger partial charge in [0, 0.05) is 19.3 Å². The molecule has 0 spiro atoms. The molecule has 12 heteroatoms. The molecule has 2 aromatic rings. The molecule has 11 nitrogen and oxygen atoms in total. The molecule has 1 fully saturated rings. The number of carbonyl (C=O) groups is 2. The van der Waals surface area contributed by atoms with E-state index in [-0.39, 0.29) is 29.2 Å². The predicted octanol–water partition coefficient (Wildman–Crippen LogP) is 0.299. The summed E-state index contributed by atoms with van der Waals surface area (Å²) in [7, 11) is -1.51. The van der Waals surface area contributed by atoms with Gasteiger partial charge in [0.1, 0.15) is 0 Å². The number of nitrogens with zero attached hydrogens (tertiary/aromatic N) is 6. The van der Waals surface area contributed by atoms with Gasteiger partial charge >= 0.3 is 5.97 Å². The molecule has 32 heavy (non-hydrogen) atoms. The van der Waals surface area contributed by atoms with Crippen molar-refractivity contribution in [2.24, 2.45) is 5.92 Å². The van der Waals surface area contributed by atoms with Gasteiger partial charge in [-0.05, 0) is 61.5 Å². The van der Waals surface area contributed by atoms with Crippen LogP contribution in [0.2, 0.25) is 0 Å². The highest BCUT2D eigenvalue weighted by Gasteiger charge is 2.29. The number of hydrogen-bond acceptors (Lipinski definition) is 9. The lowest BCUT2D eigenvalue weighted by atomic mass is 9.98. The van der Waals surface area contributed by atoms with Crippen LogP contribution in [0.3, 0.4) is 0 Å². The maximum absolute atomic E-state index is 12.8. The zero-order valence-electron chi connectivity index (χ0n) is 18.5. The molecule has 0 N–H and O–H groups in total. The lowest BCUT2D eigenvalue weighted by molar-refractivity contribution is -0.151. The quantitative estimate of drug-likeness (QED) is 0.507. The maximum Gasteiger partial charge on any atom is 0.310 e. The van der Waals surface area contributed by atoms with Crippen LogP contribution in [-0.4, -0.2) is 89.8 Å². The number of hydrogen-bond donors (Lipinski definition) is 0. The minimum atomic E-state index is -3.29. The fraction of sp³-hybridized carbons (Fsp3) is 0.550. The van der Waals surface area contributed by atoms with E-state index in [4.69, 9.17) is 4.74 Å². The van der Waals surface area contributed by atoms with Gasteiger partial charge in [0.25, 0.3) is 0 Å². The number of piperidine rings is 1.